The molecule has 1 aromatic rings. The molecule has 2 heterocycles. The Hall–Kier alpha value is -1.03. The fourth-order valence-electron chi connectivity index (χ4n) is 2.59. The van der Waals surface area contributed by atoms with E-state index >= 15 is 0 Å². The molecule has 5 heteroatoms. The van der Waals surface area contributed by atoms with E-state index in [4.69, 9.17) is 11.6 Å². The quantitative estimate of drug-likeness (QED) is 0.856. The van der Waals surface area contributed by atoms with E-state index in [1.165, 1.54) is 19.2 Å². The minimum absolute atomic E-state index is 0.494. The molecule has 0 saturated carbocycles. The first kappa shape index (κ1) is 13.4. The normalized spacial score (nSPS) is 17.3. The lowest BCUT2D eigenvalue weighted by atomic mass is 9.87. The molecule has 1 saturated heterocycles. The van der Waals surface area contributed by atoms with Gasteiger partial charge in [0.1, 0.15) is 12.0 Å². The summed E-state index contributed by atoms with van der Waals surface area (Å²) in [5.41, 5.74) is 0.835. The molecule has 100 valence electrons. The highest BCUT2D eigenvalue weighted by atomic mass is 35.5. The lowest BCUT2D eigenvalue weighted by Crippen LogP contribution is -2.36. The largest absolute Gasteiger partial charge is 0.383 e. The van der Waals surface area contributed by atoms with Crippen LogP contribution in [0.4, 0.5) is 11.5 Å². The van der Waals surface area contributed by atoms with Crippen molar-refractivity contribution in [3.05, 3.63) is 11.5 Å². The Morgan fingerprint density at radius 3 is 2.56 bits per heavy atom. The molecule has 1 aliphatic rings. The molecule has 1 N–H and O–H groups in total. The highest BCUT2D eigenvalue weighted by molar-refractivity contribution is 6.32. The van der Waals surface area contributed by atoms with Crippen LogP contribution in [0.25, 0.3) is 0 Å². The van der Waals surface area contributed by atoms with Gasteiger partial charge in [0.2, 0.25) is 0 Å². The van der Waals surface area contributed by atoms with Crippen molar-refractivity contribution in [3.63, 3.8) is 0 Å². The molecule has 0 aromatic carbocycles. The van der Waals surface area contributed by atoms with Crippen LogP contribution in [-0.4, -0.2) is 30.1 Å². The van der Waals surface area contributed by atoms with Gasteiger partial charge in [-0.25, -0.2) is 9.97 Å². The lowest BCUT2D eigenvalue weighted by Gasteiger charge is -2.35. The van der Waals surface area contributed by atoms with E-state index < -0.39 is 0 Å². The fraction of sp³-hybridized carbons (Fsp3) is 0.692. The molecule has 0 bridgehead atoms. The van der Waals surface area contributed by atoms with Gasteiger partial charge in [0.15, 0.2) is 11.0 Å². The molecular weight excluding hydrogens is 248 g/mol. The number of aromatic nitrogens is 2. The molecule has 1 fully saturated rings. The number of piperidine rings is 1. The van der Waals surface area contributed by atoms with Crippen molar-refractivity contribution in [2.45, 2.75) is 26.7 Å². The van der Waals surface area contributed by atoms with Gasteiger partial charge in [-0.3, -0.25) is 0 Å². The van der Waals surface area contributed by atoms with E-state index in [2.05, 4.69) is 34.0 Å². The highest BCUT2D eigenvalue weighted by Gasteiger charge is 2.24. The van der Waals surface area contributed by atoms with Gasteiger partial charge in [-0.1, -0.05) is 25.4 Å². The van der Waals surface area contributed by atoms with Gasteiger partial charge in [-0.15, -0.1) is 0 Å². The van der Waals surface area contributed by atoms with Crippen LogP contribution in [0.5, 0.6) is 0 Å². The molecule has 0 aliphatic carbocycles. The second kappa shape index (κ2) is 5.74. The first-order valence-corrected chi connectivity index (χ1v) is 6.94. The molecule has 1 aliphatic heterocycles. The van der Waals surface area contributed by atoms with Crippen LogP contribution in [0.1, 0.15) is 26.7 Å². The van der Waals surface area contributed by atoms with Crippen molar-refractivity contribution < 1.29 is 0 Å². The fourth-order valence-corrected chi connectivity index (χ4v) is 2.81. The predicted molar refractivity (Wildman–Crippen MR) is 76.4 cm³/mol. The molecule has 2 rings (SSSR count). The minimum Gasteiger partial charge on any atom is -0.383 e. The molecule has 0 amide bonds. The third kappa shape index (κ3) is 2.69. The van der Waals surface area contributed by atoms with E-state index in [-0.39, 0.29) is 0 Å². The number of halogens is 1. The average Bonchev–Trinajstić information content (AvgIpc) is 2.38. The SMILES string of the molecule is CNc1c(Cl)ncnc1N1CCC(C(C)C)CC1. The molecular formula is C13H21ClN4. The van der Waals surface area contributed by atoms with Gasteiger partial charge in [-0.05, 0) is 24.7 Å². The van der Waals surface area contributed by atoms with Crippen molar-refractivity contribution >= 4 is 23.1 Å². The van der Waals surface area contributed by atoms with Crippen LogP contribution < -0.4 is 10.2 Å². The smallest absolute Gasteiger partial charge is 0.157 e. The standard InChI is InChI=1S/C13H21ClN4/c1-9(2)10-4-6-18(7-5-10)13-11(15-3)12(14)16-8-17-13/h8-10,15H,4-7H2,1-3H3. The third-order valence-corrected chi connectivity index (χ3v) is 4.10. The third-order valence-electron chi connectivity index (χ3n) is 3.81. The number of rotatable bonds is 3. The summed E-state index contributed by atoms with van der Waals surface area (Å²) >= 11 is 6.09. The molecule has 0 spiro atoms. The number of anilines is 2. The van der Waals surface area contributed by atoms with Gasteiger partial charge >= 0.3 is 0 Å². The number of hydrogen-bond donors (Lipinski definition) is 1. The van der Waals surface area contributed by atoms with E-state index in [0.717, 1.165) is 36.4 Å². The van der Waals surface area contributed by atoms with E-state index in [1.807, 2.05) is 7.05 Å². The van der Waals surface area contributed by atoms with Crippen LogP contribution in [0, 0.1) is 11.8 Å². The van der Waals surface area contributed by atoms with E-state index in [1.54, 1.807) is 0 Å². The Kier molecular flexibility index (Phi) is 4.27. The van der Waals surface area contributed by atoms with Gasteiger partial charge < -0.3 is 10.2 Å². The molecule has 0 radical (unpaired) electrons. The number of hydrogen-bond acceptors (Lipinski definition) is 4. The molecule has 0 atom stereocenters. The maximum absolute atomic E-state index is 6.09. The Morgan fingerprint density at radius 2 is 2.00 bits per heavy atom. The van der Waals surface area contributed by atoms with E-state index in [0.29, 0.717) is 5.15 Å². The first-order valence-electron chi connectivity index (χ1n) is 6.56. The summed E-state index contributed by atoms with van der Waals surface area (Å²) in [6, 6.07) is 0. The van der Waals surface area contributed by atoms with Crippen molar-refractivity contribution in [2.75, 3.05) is 30.4 Å². The van der Waals surface area contributed by atoms with Crippen molar-refractivity contribution in [1.82, 2.24) is 9.97 Å². The summed E-state index contributed by atoms with van der Waals surface area (Å²) in [4.78, 5) is 10.7. The number of nitrogens with one attached hydrogen (secondary N) is 1. The second-order valence-electron chi connectivity index (χ2n) is 5.18. The Bertz CT molecular complexity index is 400. The maximum atomic E-state index is 6.09. The van der Waals surface area contributed by atoms with Gasteiger partial charge in [0.25, 0.3) is 0 Å². The average molecular weight is 269 g/mol. The van der Waals surface area contributed by atoms with Crippen LogP contribution in [0.3, 0.4) is 0 Å². The highest BCUT2D eigenvalue weighted by Crippen LogP contribution is 2.33. The Morgan fingerprint density at radius 1 is 1.33 bits per heavy atom. The maximum Gasteiger partial charge on any atom is 0.157 e. The Labute approximate surface area is 114 Å². The van der Waals surface area contributed by atoms with Crippen molar-refractivity contribution in [2.24, 2.45) is 11.8 Å². The predicted octanol–water partition coefficient (Wildman–Crippen LogP) is 3.04. The zero-order valence-electron chi connectivity index (χ0n) is 11.3. The summed E-state index contributed by atoms with van der Waals surface area (Å²) in [5, 5.41) is 3.59. The topological polar surface area (TPSA) is 41.1 Å². The second-order valence-corrected chi connectivity index (χ2v) is 5.54. The van der Waals surface area contributed by atoms with Crippen LogP contribution in [0.15, 0.2) is 6.33 Å². The van der Waals surface area contributed by atoms with Gasteiger partial charge in [-0.2, -0.15) is 0 Å². The van der Waals surface area contributed by atoms with Crippen LogP contribution >= 0.6 is 11.6 Å². The Balaban J connectivity index is 2.12. The first-order chi connectivity index (χ1) is 8.63. The zero-order chi connectivity index (χ0) is 13.1. The molecule has 1 aromatic heterocycles. The minimum atomic E-state index is 0.494. The monoisotopic (exact) mass is 268 g/mol. The molecule has 18 heavy (non-hydrogen) atoms. The van der Waals surface area contributed by atoms with E-state index in [9.17, 15) is 0 Å². The lowest BCUT2D eigenvalue weighted by molar-refractivity contribution is 0.311. The van der Waals surface area contributed by atoms with Crippen molar-refractivity contribution in [1.29, 1.82) is 0 Å². The zero-order valence-corrected chi connectivity index (χ0v) is 12.0. The molecule has 0 unspecified atom stereocenters. The number of nitrogens with zero attached hydrogens (tertiary/aromatic N) is 3. The molecule has 4 nitrogen and oxygen atoms in total. The summed E-state index contributed by atoms with van der Waals surface area (Å²) < 4.78 is 0. The van der Waals surface area contributed by atoms with Gasteiger partial charge in [0.05, 0.1) is 0 Å². The van der Waals surface area contributed by atoms with Crippen molar-refractivity contribution in [3.8, 4) is 0 Å². The van der Waals surface area contributed by atoms with Gasteiger partial charge in [0, 0.05) is 20.1 Å². The van der Waals surface area contributed by atoms with Crippen LogP contribution in [-0.2, 0) is 0 Å². The summed E-state index contributed by atoms with van der Waals surface area (Å²) in [7, 11) is 1.86. The summed E-state index contributed by atoms with van der Waals surface area (Å²) in [5.74, 6) is 2.53. The van der Waals surface area contributed by atoms with Crippen LogP contribution in [0.2, 0.25) is 5.15 Å². The summed E-state index contributed by atoms with van der Waals surface area (Å²) in [6.07, 6.45) is 3.98. The summed E-state index contributed by atoms with van der Waals surface area (Å²) in [6.45, 7) is 6.71.